The number of hydrogen-bond donors (Lipinski definition) is 0. The Bertz CT molecular complexity index is 1130. The largest absolute Gasteiger partial charge is 0.455 e. The van der Waals surface area contributed by atoms with Crippen LogP contribution in [0.5, 0.6) is 0 Å². The molecule has 0 bridgehead atoms. The Hall–Kier alpha value is -2.61. The van der Waals surface area contributed by atoms with Crippen molar-refractivity contribution in [3.63, 3.8) is 0 Å². The molecule has 0 aliphatic heterocycles. The Labute approximate surface area is 166 Å². The number of nitrogens with zero attached hydrogens (tertiary/aromatic N) is 1. The lowest BCUT2D eigenvalue weighted by Crippen LogP contribution is -2.05. The van der Waals surface area contributed by atoms with Gasteiger partial charge in [0, 0.05) is 22.5 Å². The average molecular weight is 370 g/mol. The summed E-state index contributed by atoms with van der Waals surface area (Å²) in [5, 5.41) is 2.34. The van der Waals surface area contributed by atoms with E-state index in [1.54, 1.807) is 0 Å². The second kappa shape index (κ2) is 7.09. The van der Waals surface area contributed by atoms with Crippen LogP contribution >= 0.6 is 0 Å². The zero-order valence-electron chi connectivity index (χ0n) is 16.7. The van der Waals surface area contributed by atoms with E-state index in [9.17, 15) is 0 Å². The molecular weight excluding hydrogens is 342 g/mol. The number of pyridine rings is 1. The van der Waals surface area contributed by atoms with E-state index >= 15 is 0 Å². The van der Waals surface area contributed by atoms with Crippen molar-refractivity contribution in [2.75, 3.05) is 0 Å². The van der Waals surface area contributed by atoms with Crippen LogP contribution in [0.15, 0.2) is 59.1 Å². The number of aromatic nitrogens is 1. The van der Waals surface area contributed by atoms with Gasteiger partial charge < -0.3 is 4.42 Å². The number of rotatable bonds is 4. The molecule has 28 heavy (non-hydrogen) atoms. The van der Waals surface area contributed by atoms with Gasteiger partial charge in [-0.3, -0.25) is 4.98 Å². The van der Waals surface area contributed by atoms with Crippen LogP contribution in [0.2, 0.25) is 0 Å². The number of hydrogen-bond acceptors (Lipinski definition) is 2. The van der Waals surface area contributed by atoms with Crippen molar-refractivity contribution in [3.8, 4) is 11.3 Å². The Balaban J connectivity index is 1.64. The summed E-state index contributed by atoms with van der Waals surface area (Å²) in [7, 11) is 0. The molecule has 2 heteroatoms. The SMILES string of the molecule is CC(C)c1cnc(-c2cccc3c2oc2ccccc23)cc1CC1CCCC1. The molecule has 0 N–H and O–H groups in total. The van der Waals surface area contributed by atoms with Gasteiger partial charge in [0.1, 0.15) is 11.2 Å². The minimum absolute atomic E-state index is 0.500. The van der Waals surface area contributed by atoms with Crippen LogP contribution in [0.1, 0.15) is 56.6 Å². The minimum atomic E-state index is 0.500. The Morgan fingerprint density at radius 1 is 1.00 bits per heavy atom. The van der Waals surface area contributed by atoms with Crippen LogP contribution in [0, 0.1) is 5.92 Å². The van der Waals surface area contributed by atoms with Gasteiger partial charge in [-0.15, -0.1) is 0 Å². The fourth-order valence-electron chi connectivity index (χ4n) is 4.83. The summed E-state index contributed by atoms with van der Waals surface area (Å²) in [6, 6.07) is 17.0. The van der Waals surface area contributed by atoms with E-state index in [1.165, 1.54) is 54.0 Å². The normalized spacial score (nSPS) is 15.2. The minimum Gasteiger partial charge on any atom is -0.455 e. The van der Waals surface area contributed by atoms with Crippen LogP contribution in [0.25, 0.3) is 33.2 Å². The van der Waals surface area contributed by atoms with Crippen LogP contribution in [0.4, 0.5) is 0 Å². The number of para-hydroxylation sites is 2. The molecule has 0 amide bonds. The van der Waals surface area contributed by atoms with Gasteiger partial charge in [-0.25, -0.2) is 0 Å². The summed E-state index contributed by atoms with van der Waals surface area (Å²) in [4.78, 5) is 4.87. The second-order valence-corrected chi connectivity index (χ2v) is 8.56. The summed E-state index contributed by atoms with van der Waals surface area (Å²) < 4.78 is 6.25. The fraction of sp³-hybridized carbons (Fsp3) is 0.346. The van der Waals surface area contributed by atoms with Crippen molar-refractivity contribution in [1.29, 1.82) is 0 Å². The maximum absolute atomic E-state index is 6.25. The summed E-state index contributed by atoms with van der Waals surface area (Å²) in [5.41, 5.74) is 6.88. The van der Waals surface area contributed by atoms with Crippen molar-refractivity contribution in [2.45, 2.75) is 51.9 Å². The fourth-order valence-corrected chi connectivity index (χ4v) is 4.83. The molecule has 2 heterocycles. The van der Waals surface area contributed by atoms with Crippen LogP contribution in [-0.4, -0.2) is 4.98 Å². The highest BCUT2D eigenvalue weighted by molar-refractivity contribution is 6.09. The molecule has 0 unspecified atom stereocenters. The van der Waals surface area contributed by atoms with Crippen LogP contribution < -0.4 is 0 Å². The standard InChI is InChI=1S/C26H27NO/c1-17(2)23-16-27-24(15-19(23)14-18-8-3-4-9-18)22-12-7-11-21-20-10-5-6-13-25(20)28-26(21)22/h5-7,10-13,15-18H,3-4,8-9,14H2,1-2H3. The molecule has 0 atom stereocenters. The van der Waals surface area contributed by atoms with E-state index in [-0.39, 0.29) is 0 Å². The van der Waals surface area contributed by atoms with Gasteiger partial charge in [0.2, 0.25) is 0 Å². The topological polar surface area (TPSA) is 26.0 Å². The second-order valence-electron chi connectivity index (χ2n) is 8.56. The summed E-state index contributed by atoms with van der Waals surface area (Å²) in [5.74, 6) is 1.33. The highest BCUT2D eigenvalue weighted by atomic mass is 16.3. The van der Waals surface area contributed by atoms with Crippen molar-refractivity contribution < 1.29 is 4.42 Å². The molecule has 2 aromatic carbocycles. The third kappa shape index (κ3) is 3.01. The molecule has 1 aliphatic carbocycles. The smallest absolute Gasteiger partial charge is 0.144 e. The monoisotopic (exact) mass is 369 g/mol. The zero-order valence-corrected chi connectivity index (χ0v) is 16.7. The maximum atomic E-state index is 6.25. The highest BCUT2D eigenvalue weighted by Crippen LogP contribution is 2.37. The third-order valence-corrected chi connectivity index (χ3v) is 6.31. The lowest BCUT2D eigenvalue weighted by molar-refractivity contribution is 0.542. The first-order valence-electron chi connectivity index (χ1n) is 10.6. The lowest BCUT2D eigenvalue weighted by atomic mass is 9.90. The molecule has 1 saturated carbocycles. The van der Waals surface area contributed by atoms with Crippen molar-refractivity contribution in [3.05, 3.63) is 65.9 Å². The van der Waals surface area contributed by atoms with Crippen molar-refractivity contribution in [2.24, 2.45) is 5.92 Å². The van der Waals surface area contributed by atoms with Crippen molar-refractivity contribution in [1.82, 2.24) is 4.98 Å². The van der Waals surface area contributed by atoms with E-state index < -0.39 is 0 Å². The number of benzene rings is 2. The summed E-state index contributed by atoms with van der Waals surface area (Å²) in [6.07, 6.45) is 8.80. The average Bonchev–Trinajstić information content (AvgIpc) is 3.35. The first-order chi connectivity index (χ1) is 13.7. The summed E-state index contributed by atoms with van der Waals surface area (Å²) in [6.45, 7) is 4.55. The number of furan rings is 1. The predicted octanol–water partition coefficient (Wildman–Crippen LogP) is 7.50. The molecule has 0 radical (unpaired) electrons. The van der Waals surface area contributed by atoms with Crippen LogP contribution in [0.3, 0.4) is 0 Å². The zero-order chi connectivity index (χ0) is 19.1. The molecule has 2 nitrogen and oxygen atoms in total. The van der Waals surface area contributed by atoms with Gasteiger partial charge in [0.25, 0.3) is 0 Å². The van der Waals surface area contributed by atoms with E-state index in [4.69, 9.17) is 9.40 Å². The van der Waals surface area contributed by atoms with Gasteiger partial charge in [0.15, 0.2) is 0 Å². The van der Waals surface area contributed by atoms with Crippen molar-refractivity contribution >= 4 is 21.9 Å². The van der Waals surface area contributed by atoms with E-state index in [2.05, 4.69) is 56.4 Å². The molecule has 2 aromatic heterocycles. The molecule has 0 spiro atoms. The quantitative estimate of drug-likeness (QED) is 0.372. The summed E-state index contributed by atoms with van der Waals surface area (Å²) >= 11 is 0. The first kappa shape index (κ1) is 17.5. The molecule has 142 valence electrons. The maximum Gasteiger partial charge on any atom is 0.144 e. The molecule has 0 saturated heterocycles. The van der Waals surface area contributed by atoms with E-state index in [0.29, 0.717) is 5.92 Å². The number of fused-ring (bicyclic) bond motifs is 3. The lowest BCUT2D eigenvalue weighted by Gasteiger charge is -2.17. The first-order valence-corrected chi connectivity index (χ1v) is 10.6. The van der Waals surface area contributed by atoms with Gasteiger partial charge in [-0.05, 0) is 47.6 Å². The van der Waals surface area contributed by atoms with Gasteiger partial charge in [0.05, 0.1) is 5.69 Å². The van der Waals surface area contributed by atoms with Crippen LogP contribution in [-0.2, 0) is 6.42 Å². The predicted molar refractivity (Wildman–Crippen MR) is 117 cm³/mol. The van der Waals surface area contributed by atoms with Gasteiger partial charge in [-0.1, -0.05) is 69.9 Å². The van der Waals surface area contributed by atoms with Gasteiger partial charge >= 0.3 is 0 Å². The molecule has 5 rings (SSSR count). The molecular formula is C26H27NO. The highest BCUT2D eigenvalue weighted by Gasteiger charge is 2.20. The molecule has 1 fully saturated rings. The third-order valence-electron chi connectivity index (χ3n) is 6.31. The molecule has 1 aliphatic rings. The Kier molecular flexibility index (Phi) is 4.43. The molecule has 4 aromatic rings. The van der Waals surface area contributed by atoms with E-state index in [1.807, 2.05) is 12.1 Å². The Morgan fingerprint density at radius 2 is 1.79 bits per heavy atom. The Morgan fingerprint density at radius 3 is 2.61 bits per heavy atom. The van der Waals surface area contributed by atoms with E-state index in [0.717, 1.165) is 28.3 Å². The van der Waals surface area contributed by atoms with Gasteiger partial charge in [-0.2, -0.15) is 0 Å².